The fourth-order valence-corrected chi connectivity index (χ4v) is 0.572. The van der Waals surface area contributed by atoms with E-state index in [4.69, 9.17) is 5.11 Å². The van der Waals surface area contributed by atoms with Gasteiger partial charge in [0.25, 0.3) is 0 Å². The molecule has 0 saturated carbocycles. The molecule has 0 aromatic heterocycles. The fraction of sp³-hybridized carbons (Fsp3) is 0.571. The highest BCUT2D eigenvalue weighted by Crippen LogP contribution is 1.88. The molecule has 0 heterocycles. The average Bonchev–Trinajstić information content (AvgIpc) is 1.85. The highest BCUT2D eigenvalue weighted by molar-refractivity contribution is 5.92. The molecule has 0 amide bonds. The molecule has 0 spiro atoms. The van der Waals surface area contributed by atoms with Crippen LogP contribution in [-0.4, -0.2) is 42.5 Å². The van der Waals surface area contributed by atoms with Crippen LogP contribution in [-0.2, 0) is 4.79 Å². The standard InChI is InChI=1S/C7H13NO2/c1-4-6(9)7(10)5-8(2)3/h4,7,10H,1,5H2,2-3H3. The number of hydrogen-bond acceptors (Lipinski definition) is 3. The van der Waals surface area contributed by atoms with Gasteiger partial charge in [0, 0.05) is 6.54 Å². The topological polar surface area (TPSA) is 40.5 Å². The summed E-state index contributed by atoms with van der Waals surface area (Å²) in [5.74, 6) is -0.325. The molecule has 0 aromatic rings. The molecule has 0 fully saturated rings. The number of carbonyl (C=O) groups is 1. The quantitative estimate of drug-likeness (QED) is 0.547. The molecule has 0 radical (unpaired) electrons. The Hall–Kier alpha value is -0.670. The number of likely N-dealkylation sites (N-methyl/N-ethyl adjacent to an activating group) is 1. The van der Waals surface area contributed by atoms with Crippen molar-refractivity contribution in [3.8, 4) is 0 Å². The number of nitrogens with zero attached hydrogens (tertiary/aromatic N) is 1. The van der Waals surface area contributed by atoms with Crippen molar-refractivity contribution in [2.24, 2.45) is 0 Å². The molecular formula is C7H13NO2. The highest BCUT2D eigenvalue weighted by Gasteiger charge is 2.11. The van der Waals surface area contributed by atoms with Crippen molar-refractivity contribution in [1.29, 1.82) is 0 Å². The first-order valence-corrected chi connectivity index (χ1v) is 3.07. The van der Waals surface area contributed by atoms with Gasteiger partial charge in [0.15, 0.2) is 5.78 Å². The van der Waals surface area contributed by atoms with E-state index >= 15 is 0 Å². The number of carbonyl (C=O) groups excluding carboxylic acids is 1. The summed E-state index contributed by atoms with van der Waals surface area (Å²) in [7, 11) is 3.58. The average molecular weight is 143 g/mol. The van der Waals surface area contributed by atoms with Gasteiger partial charge in [-0.2, -0.15) is 0 Å². The summed E-state index contributed by atoms with van der Waals surface area (Å²) >= 11 is 0. The molecule has 3 nitrogen and oxygen atoms in total. The number of aliphatic hydroxyl groups is 1. The molecule has 1 N–H and O–H groups in total. The van der Waals surface area contributed by atoms with E-state index in [2.05, 4.69) is 6.58 Å². The van der Waals surface area contributed by atoms with E-state index in [-0.39, 0.29) is 5.78 Å². The van der Waals surface area contributed by atoms with E-state index in [1.165, 1.54) is 0 Å². The SMILES string of the molecule is C=CC(=O)C(O)CN(C)C. The molecule has 3 heteroatoms. The van der Waals surface area contributed by atoms with Gasteiger partial charge < -0.3 is 10.0 Å². The largest absolute Gasteiger partial charge is 0.384 e. The molecule has 10 heavy (non-hydrogen) atoms. The zero-order valence-corrected chi connectivity index (χ0v) is 6.37. The molecule has 58 valence electrons. The summed E-state index contributed by atoms with van der Waals surface area (Å²) < 4.78 is 0. The number of aliphatic hydroxyl groups excluding tert-OH is 1. The maximum absolute atomic E-state index is 10.7. The Kier molecular flexibility index (Phi) is 3.91. The van der Waals surface area contributed by atoms with Gasteiger partial charge in [-0.05, 0) is 20.2 Å². The van der Waals surface area contributed by atoms with Crippen LogP contribution in [0.2, 0.25) is 0 Å². The van der Waals surface area contributed by atoms with Crippen molar-refractivity contribution >= 4 is 5.78 Å². The van der Waals surface area contributed by atoms with Gasteiger partial charge >= 0.3 is 0 Å². The first-order chi connectivity index (χ1) is 4.57. The molecule has 1 atom stereocenters. The molecular weight excluding hydrogens is 130 g/mol. The third kappa shape index (κ3) is 3.37. The summed E-state index contributed by atoms with van der Waals surface area (Å²) in [6.45, 7) is 3.61. The van der Waals surface area contributed by atoms with E-state index in [9.17, 15) is 4.79 Å². The van der Waals surface area contributed by atoms with Crippen LogP contribution in [0, 0.1) is 0 Å². The second kappa shape index (κ2) is 4.19. The van der Waals surface area contributed by atoms with Crippen molar-refractivity contribution in [3.05, 3.63) is 12.7 Å². The summed E-state index contributed by atoms with van der Waals surface area (Å²) in [4.78, 5) is 12.4. The summed E-state index contributed by atoms with van der Waals surface area (Å²) in [6.07, 6.45) is 0.209. The molecule has 0 aliphatic carbocycles. The second-order valence-corrected chi connectivity index (χ2v) is 2.38. The number of hydrogen-bond donors (Lipinski definition) is 1. The van der Waals surface area contributed by atoms with E-state index < -0.39 is 6.10 Å². The predicted octanol–water partition coefficient (Wildman–Crippen LogP) is -0.336. The molecule has 0 aliphatic heterocycles. The predicted molar refractivity (Wildman–Crippen MR) is 39.8 cm³/mol. The lowest BCUT2D eigenvalue weighted by Gasteiger charge is -2.12. The Balaban J connectivity index is 3.72. The molecule has 0 aliphatic rings. The normalized spacial score (nSPS) is 13.2. The van der Waals surface area contributed by atoms with Gasteiger partial charge in [0.05, 0.1) is 0 Å². The summed E-state index contributed by atoms with van der Waals surface area (Å²) in [5, 5.41) is 9.03. The van der Waals surface area contributed by atoms with Crippen LogP contribution in [0.25, 0.3) is 0 Å². The van der Waals surface area contributed by atoms with Gasteiger partial charge in [-0.1, -0.05) is 6.58 Å². The van der Waals surface area contributed by atoms with E-state index in [1.807, 2.05) is 0 Å². The van der Waals surface area contributed by atoms with Crippen LogP contribution in [0.4, 0.5) is 0 Å². The molecule has 0 saturated heterocycles. The smallest absolute Gasteiger partial charge is 0.184 e. The Labute approximate surface area is 61.0 Å². The minimum absolute atomic E-state index is 0.325. The summed E-state index contributed by atoms with van der Waals surface area (Å²) in [5.41, 5.74) is 0. The first kappa shape index (κ1) is 9.33. The number of rotatable bonds is 4. The van der Waals surface area contributed by atoms with E-state index in [1.54, 1.807) is 19.0 Å². The Morgan fingerprint density at radius 2 is 2.30 bits per heavy atom. The van der Waals surface area contributed by atoms with Crippen LogP contribution >= 0.6 is 0 Å². The van der Waals surface area contributed by atoms with E-state index in [0.717, 1.165) is 6.08 Å². The van der Waals surface area contributed by atoms with E-state index in [0.29, 0.717) is 6.54 Å². The zero-order valence-electron chi connectivity index (χ0n) is 6.37. The first-order valence-electron chi connectivity index (χ1n) is 3.07. The minimum Gasteiger partial charge on any atom is -0.384 e. The zero-order chi connectivity index (χ0) is 8.15. The maximum Gasteiger partial charge on any atom is 0.184 e. The Morgan fingerprint density at radius 1 is 1.80 bits per heavy atom. The van der Waals surface area contributed by atoms with Gasteiger partial charge in [-0.25, -0.2) is 0 Å². The summed E-state index contributed by atoms with van der Waals surface area (Å²) in [6, 6.07) is 0. The van der Waals surface area contributed by atoms with Crippen molar-refractivity contribution in [2.75, 3.05) is 20.6 Å². The van der Waals surface area contributed by atoms with Crippen LogP contribution in [0.3, 0.4) is 0 Å². The molecule has 0 bridgehead atoms. The van der Waals surface area contributed by atoms with Crippen molar-refractivity contribution in [3.63, 3.8) is 0 Å². The van der Waals surface area contributed by atoms with Crippen LogP contribution in [0.5, 0.6) is 0 Å². The lowest BCUT2D eigenvalue weighted by molar-refractivity contribution is -0.122. The van der Waals surface area contributed by atoms with Crippen LogP contribution in [0.1, 0.15) is 0 Å². The third-order valence-corrected chi connectivity index (χ3v) is 1.07. The molecule has 0 rings (SSSR count). The fourth-order valence-electron chi connectivity index (χ4n) is 0.572. The van der Waals surface area contributed by atoms with Gasteiger partial charge in [-0.15, -0.1) is 0 Å². The number of ketones is 1. The Morgan fingerprint density at radius 3 is 2.60 bits per heavy atom. The maximum atomic E-state index is 10.7. The van der Waals surface area contributed by atoms with Crippen LogP contribution < -0.4 is 0 Å². The van der Waals surface area contributed by atoms with Crippen LogP contribution in [0.15, 0.2) is 12.7 Å². The second-order valence-electron chi connectivity index (χ2n) is 2.38. The Bertz CT molecular complexity index is 132. The molecule has 1 unspecified atom stereocenters. The monoisotopic (exact) mass is 143 g/mol. The van der Waals surface area contributed by atoms with Crippen molar-refractivity contribution in [2.45, 2.75) is 6.10 Å². The van der Waals surface area contributed by atoms with Crippen molar-refractivity contribution in [1.82, 2.24) is 4.90 Å². The van der Waals surface area contributed by atoms with Gasteiger partial charge in [0.2, 0.25) is 0 Å². The van der Waals surface area contributed by atoms with Gasteiger partial charge in [0.1, 0.15) is 6.10 Å². The van der Waals surface area contributed by atoms with Gasteiger partial charge in [-0.3, -0.25) is 4.79 Å². The highest BCUT2D eigenvalue weighted by atomic mass is 16.3. The minimum atomic E-state index is -0.924. The van der Waals surface area contributed by atoms with Crippen molar-refractivity contribution < 1.29 is 9.90 Å². The lowest BCUT2D eigenvalue weighted by Crippen LogP contribution is -2.31. The molecule has 0 aromatic carbocycles. The third-order valence-electron chi connectivity index (χ3n) is 1.07. The lowest BCUT2D eigenvalue weighted by atomic mass is 10.2.